The molecule has 92 valence electrons. The lowest BCUT2D eigenvalue weighted by molar-refractivity contribution is 0.149. The lowest BCUT2D eigenvalue weighted by atomic mass is 9.91. The minimum Gasteiger partial charge on any atom is -0.388 e. The molecule has 18 heavy (non-hydrogen) atoms. The predicted octanol–water partition coefficient (Wildman–Crippen LogP) is 3.14. The Morgan fingerprint density at radius 2 is 2.17 bits per heavy atom. The minimum atomic E-state index is -0.816. The number of rotatable bonds is 2. The van der Waals surface area contributed by atoms with Gasteiger partial charge in [0.15, 0.2) is 0 Å². The molecule has 0 saturated carbocycles. The van der Waals surface area contributed by atoms with Gasteiger partial charge in [-0.05, 0) is 17.7 Å². The van der Waals surface area contributed by atoms with Crippen LogP contribution >= 0.6 is 11.8 Å². The summed E-state index contributed by atoms with van der Waals surface area (Å²) in [5.74, 6) is 0.282. The highest BCUT2D eigenvalue weighted by Gasteiger charge is 2.31. The fourth-order valence-corrected chi connectivity index (χ4v) is 3.57. The first-order chi connectivity index (χ1) is 8.77. The first kappa shape index (κ1) is 11.7. The summed E-state index contributed by atoms with van der Waals surface area (Å²) in [5, 5.41) is 10.4. The van der Waals surface area contributed by atoms with Crippen LogP contribution in [0.1, 0.15) is 23.1 Å². The maximum absolute atomic E-state index is 13.6. The van der Waals surface area contributed by atoms with Gasteiger partial charge in [-0.2, -0.15) is 0 Å². The highest BCUT2D eigenvalue weighted by molar-refractivity contribution is 7.99. The smallest absolute Gasteiger partial charge is 0.147 e. The summed E-state index contributed by atoms with van der Waals surface area (Å²) in [7, 11) is 0. The number of halogens is 1. The topological polar surface area (TPSA) is 33.1 Å². The standard InChI is InChI=1S/C14H12FNOS/c15-12-7-16-6-5-10(12)14(17)11-8-18-13-4-2-1-3-9(11)13/h1-7,11,14,17H,8H2. The second-order valence-electron chi connectivity index (χ2n) is 4.30. The van der Waals surface area contributed by atoms with E-state index in [1.165, 1.54) is 11.1 Å². The Morgan fingerprint density at radius 1 is 1.33 bits per heavy atom. The van der Waals surface area contributed by atoms with Gasteiger partial charge in [0.1, 0.15) is 5.82 Å². The number of aromatic nitrogens is 1. The fourth-order valence-electron chi connectivity index (χ4n) is 2.29. The molecule has 0 aliphatic carbocycles. The van der Waals surface area contributed by atoms with Crippen molar-refractivity contribution < 1.29 is 9.50 Å². The molecular weight excluding hydrogens is 249 g/mol. The van der Waals surface area contributed by atoms with Crippen LogP contribution < -0.4 is 0 Å². The van der Waals surface area contributed by atoms with Gasteiger partial charge in [-0.1, -0.05) is 18.2 Å². The highest BCUT2D eigenvalue weighted by Crippen LogP contribution is 2.45. The van der Waals surface area contributed by atoms with Gasteiger partial charge in [0, 0.05) is 28.3 Å². The SMILES string of the molecule is OC(c1ccncc1F)C1CSc2ccccc21. The Labute approximate surface area is 109 Å². The molecule has 1 aliphatic heterocycles. The number of benzene rings is 1. The zero-order valence-corrected chi connectivity index (χ0v) is 10.4. The molecule has 2 nitrogen and oxygen atoms in total. The quantitative estimate of drug-likeness (QED) is 0.901. The van der Waals surface area contributed by atoms with Crippen LogP contribution in [-0.4, -0.2) is 15.8 Å². The molecule has 4 heteroatoms. The molecular formula is C14H12FNOS. The molecule has 2 heterocycles. The van der Waals surface area contributed by atoms with Crippen LogP contribution in [0.25, 0.3) is 0 Å². The fraction of sp³-hybridized carbons (Fsp3) is 0.214. The van der Waals surface area contributed by atoms with E-state index in [0.717, 1.165) is 17.5 Å². The number of thioether (sulfide) groups is 1. The van der Waals surface area contributed by atoms with E-state index in [9.17, 15) is 9.50 Å². The van der Waals surface area contributed by atoms with Crippen molar-refractivity contribution in [2.75, 3.05) is 5.75 Å². The molecule has 2 atom stereocenters. The zero-order valence-electron chi connectivity index (χ0n) is 9.58. The van der Waals surface area contributed by atoms with Gasteiger partial charge in [0.25, 0.3) is 0 Å². The van der Waals surface area contributed by atoms with Crippen molar-refractivity contribution >= 4 is 11.8 Å². The van der Waals surface area contributed by atoms with Crippen molar-refractivity contribution in [1.29, 1.82) is 0 Å². The summed E-state index contributed by atoms with van der Waals surface area (Å²) in [6.07, 6.45) is 1.84. The number of pyridine rings is 1. The first-order valence-electron chi connectivity index (χ1n) is 5.76. The number of hydrogen-bond donors (Lipinski definition) is 1. The number of nitrogens with zero attached hydrogens (tertiary/aromatic N) is 1. The number of aliphatic hydroxyl groups excluding tert-OH is 1. The molecule has 1 aromatic heterocycles. The molecule has 0 radical (unpaired) electrons. The summed E-state index contributed by atoms with van der Waals surface area (Å²) >= 11 is 1.71. The van der Waals surface area contributed by atoms with E-state index in [2.05, 4.69) is 4.98 Å². The Kier molecular flexibility index (Phi) is 3.06. The van der Waals surface area contributed by atoms with Crippen LogP contribution in [0.3, 0.4) is 0 Å². The van der Waals surface area contributed by atoms with E-state index in [1.807, 2.05) is 24.3 Å². The monoisotopic (exact) mass is 261 g/mol. The summed E-state index contributed by atoms with van der Waals surface area (Å²) in [4.78, 5) is 4.88. The third kappa shape index (κ3) is 1.91. The van der Waals surface area contributed by atoms with Crippen LogP contribution in [0.15, 0.2) is 47.6 Å². The van der Waals surface area contributed by atoms with Gasteiger partial charge in [0.05, 0.1) is 12.3 Å². The molecule has 0 bridgehead atoms. The molecule has 0 amide bonds. The molecule has 2 unspecified atom stereocenters. The molecule has 1 aliphatic rings. The van der Waals surface area contributed by atoms with Gasteiger partial charge in [-0.25, -0.2) is 4.39 Å². The number of aliphatic hydroxyl groups is 1. The van der Waals surface area contributed by atoms with Gasteiger partial charge in [-0.15, -0.1) is 11.8 Å². The van der Waals surface area contributed by atoms with E-state index in [-0.39, 0.29) is 5.92 Å². The second kappa shape index (κ2) is 4.71. The number of fused-ring (bicyclic) bond motifs is 1. The van der Waals surface area contributed by atoms with Gasteiger partial charge in [0.2, 0.25) is 0 Å². The second-order valence-corrected chi connectivity index (χ2v) is 5.36. The molecule has 0 fully saturated rings. The van der Waals surface area contributed by atoms with E-state index >= 15 is 0 Å². The molecule has 0 spiro atoms. The van der Waals surface area contributed by atoms with Crippen LogP contribution in [0, 0.1) is 5.82 Å². The zero-order chi connectivity index (χ0) is 12.5. The molecule has 1 N–H and O–H groups in total. The Balaban J connectivity index is 1.96. The van der Waals surface area contributed by atoms with Crippen LogP contribution in [0.5, 0.6) is 0 Å². The van der Waals surface area contributed by atoms with Crippen molar-refractivity contribution in [2.45, 2.75) is 16.9 Å². The normalized spacial score (nSPS) is 19.6. The van der Waals surface area contributed by atoms with Crippen LogP contribution in [-0.2, 0) is 0 Å². The van der Waals surface area contributed by atoms with E-state index in [1.54, 1.807) is 17.8 Å². The lowest BCUT2D eigenvalue weighted by Crippen LogP contribution is -2.12. The minimum absolute atomic E-state index is 0.0527. The Hall–Kier alpha value is -1.39. The van der Waals surface area contributed by atoms with Gasteiger partial charge < -0.3 is 5.11 Å². The first-order valence-corrected chi connectivity index (χ1v) is 6.75. The molecule has 0 saturated heterocycles. The maximum Gasteiger partial charge on any atom is 0.147 e. The van der Waals surface area contributed by atoms with Gasteiger partial charge in [-0.3, -0.25) is 4.98 Å². The van der Waals surface area contributed by atoms with Crippen LogP contribution in [0.2, 0.25) is 0 Å². The van der Waals surface area contributed by atoms with Crippen LogP contribution in [0.4, 0.5) is 4.39 Å². The van der Waals surface area contributed by atoms with E-state index < -0.39 is 11.9 Å². The number of hydrogen-bond acceptors (Lipinski definition) is 3. The third-order valence-electron chi connectivity index (χ3n) is 3.24. The van der Waals surface area contributed by atoms with Crippen molar-refractivity contribution in [3.05, 3.63) is 59.7 Å². The van der Waals surface area contributed by atoms with Crippen molar-refractivity contribution in [3.63, 3.8) is 0 Å². The molecule has 3 rings (SSSR count). The summed E-state index contributed by atoms with van der Waals surface area (Å²) < 4.78 is 13.6. The molecule has 2 aromatic rings. The van der Waals surface area contributed by atoms with E-state index in [4.69, 9.17) is 0 Å². The predicted molar refractivity (Wildman–Crippen MR) is 69.1 cm³/mol. The highest BCUT2D eigenvalue weighted by atomic mass is 32.2. The average molecular weight is 261 g/mol. The summed E-state index contributed by atoms with van der Waals surface area (Å²) in [6.45, 7) is 0. The lowest BCUT2D eigenvalue weighted by Gasteiger charge is -2.19. The van der Waals surface area contributed by atoms with E-state index in [0.29, 0.717) is 5.56 Å². The van der Waals surface area contributed by atoms with Gasteiger partial charge >= 0.3 is 0 Å². The Morgan fingerprint density at radius 3 is 3.00 bits per heavy atom. The summed E-state index contributed by atoms with van der Waals surface area (Å²) in [6, 6.07) is 9.52. The van der Waals surface area contributed by atoms with Crippen molar-refractivity contribution in [2.24, 2.45) is 0 Å². The van der Waals surface area contributed by atoms with Crippen molar-refractivity contribution in [3.8, 4) is 0 Å². The Bertz CT molecular complexity index is 575. The average Bonchev–Trinajstić information content (AvgIpc) is 2.82. The third-order valence-corrected chi connectivity index (χ3v) is 4.45. The van der Waals surface area contributed by atoms with Crippen molar-refractivity contribution in [1.82, 2.24) is 4.98 Å². The largest absolute Gasteiger partial charge is 0.388 e. The molecule has 1 aromatic carbocycles. The summed E-state index contributed by atoms with van der Waals surface area (Å²) in [5.41, 5.74) is 1.43. The maximum atomic E-state index is 13.6.